The third-order valence-corrected chi connectivity index (χ3v) is 8.87. The van der Waals surface area contributed by atoms with E-state index < -0.39 is 0 Å². The van der Waals surface area contributed by atoms with Gasteiger partial charge in [0.25, 0.3) is 0 Å². The van der Waals surface area contributed by atoms with Crippen LogP contribution >= 0.6 is 0 Å². The van der Waals surface area contributed by atoms with Crippen LogP contribution in [0.2, 0.25) is 0 Å². The first-order valence-electron chi connectivity index (χ1n) is 15.7. The van der Waals surface area contributed by atoms with Crippen LogP contribution in [0.25, 0.3) is 6.08 Å². The highest BCUT2D eigenvalue weighted by Gasteiger charge is 2.32. The second-order valence-electron chi connectivity index (χ2n) is 12.1. The van der Waals surface area contributed by atoms with Crippen molar-refractivity contribution in [1.82, 2.24) is 10.3 Å². The molecule has 7 heteroatoms. The number of phenolic OH excluding ortho intramolecular Hbond substituents is 2. The predicted octanol–water partition coefficient (Wildman–Crippen LogP) is 6.77. The molecule has 0 bridgehead atoms. The molecule has 0 amide bonds. The Hall–Kier alpha value is -3.84. The van der Waals surface area contributed by atoms with Crippen molar-refractivity contribution in [2.45, 2.75) is 89.2 Å². The Labute approximate surface area is 254 Å². The SMILES string of the molecule is CNCc1cc(CCC(=O)CC(=O)[C@@H]2C=Cc3[nH]ccc3[C@H]2CCCCc2cccc(O)c2)cc(OC2CCCC2)c1O. The number of rotatable bonds is 15. The molecule has 0 radical (unpaired) electrons. The quantitative estimate of drug-likeness (QED) is 0.116. The summed E-state index contributed by atoms with van der Waals surface area (Å²) in [6.07, 6.45) is 14.5. The number of H-pyrrole nitrogens is 1. The summed E-state index contributed by atoms with van der Waals surface area (Å²) >= 11 is 0. The van der Waals surface area contributed by atoms with Crippen molar-refractivity contribution in [3.63, 3.8) is 0 Å². The average molecular weight is 585 g/mol. The fourth-order valence-electron chi connectivity index (χ4n) is 6.62. The second kappa shape index (κ2) is 14.6. The lowest BCUT2D eigenvalue weighted by atomic mass is 9.75. The van der Waals surface area contributed by atoms with E-state index in [4.69, 9.17) is 4.74 Å². The number of fused-ring (bicyclic) bond motifs is 1. The number of phenols is 2. The van der Waals surface area contributed by atoms with Crippen molar-refractivity contribution in [3.05, 3.63) is 82.7 Å². The molecule has 1 saturated carbocycles. The molecule has 2 aliphatic rings. The van der Waals surface area contributed by atoms with E-state index in [1.807, 2.05) is 49.7 Å². The van der Waals surface area contributed by atoms with Gasteiger partial charge in [-0.15, -0.1) is 0 Å². The van der Waals surface area contributed by atoms with Crippen molar-refractivity contribution in [3.8, 4) is 17.2 Å². The maximum atomic E-state index is 13.5. The zero-order chi connectivity index (χ0) is 30.2. The van der Waals surface area contributed by atoms with E-state index in [1.165, 1.54) is 0 Å². The van der Waals surface area contributed by atoms with Crippen LogP contribution in [0.4, 0.5) is 0 Å². The van der Waals surface area contributed by atoms with Crippen LogP contribution < -0.4 is 10.1 Å². The van der Waals surface area contributed by atoms with E-state index >= 15 is 0 Å². The van der Waals surface area contributed by atoms with Gasteiger partial charge in [-0.2, -0.15) is 0 Å². The molecule has 4 N–H and O–H groups in total. The summed E-state index contributed by atoms with van der Waals surface area (Å²) in [5.74, 6) is 0.541. The van der Waals surface area contributed by atoms with Gasteiger partial charge in [0.15, 0.2) is 11.5 Å². The lowest BCUT2D eigenvalue weighted by Gasteiger charge is -2.27. The molecule has 5 rings (SSSR count). The van der Waals surface area contributed by atoms with Crippen LogP contribution in [0.5, 0.6) is 17.2 Å². The summed E-state index contributed by atoms with van der Waals surface area (Å²) in [5.41, 5.74) is 4.96. The number of aromatic nitrogens is 1. The van der Waals surface area contributed by atoms with Crippen LogP contribution in [-0.4, -0.2) is 39.9 Å². The molecule has 0 aliphatic heterocycles. The molecule has 0 spiro atoms. The molecule has 43 heavy (non-hydrogen) atoms. The molecule has 2 aromatic carbocycles. The average Bonchev–Trinajstić information content (AvgIpc) is 3.69. The standard InChI is InChI=1S/C36H44N2O5/c1-37-23-26-19-25(21-35(36(26)42)43-29-10-3-4-11-29)13-14-28(40)22-34(41)32-15-16-33-31(17-18-38-33)30(32)12-5-2-7-24-8-6-9-27(39)20-24/h6,8-9,15-21,29-30,32,37-39,42H,2-5,7,10-14,22-23H2,1H3/t30-,32-/m1/s1. The van der Waals surface area contributed by atoms with Gasteiger partial charge in [0, 0.05) is 36.3 Å². The highest BCUT2D eigenvalue weighted by atomic mass is 16.5. The molecular weight excluding hydrogens is 540 g/mol. The van der Waals surface area contributed by atoms with Gasteiger partial charge in [0.2, 0.25) is 0 Å². The topological polar surface area (TPSA) is 112 Å². The summed E-state index contributed by atoms with van der Waals surface area (Å²) in [6, 6.07) is 13.2. The minimum Gasteiger partial charge on any atom is -0.508 e. The lowest BCUT2D eigenvalue weighted by molar-refractivity contribution is -0.128. The zero-order valence-electron chi connectivity index (χ0n) is 25.1. The predicted molar refractivity (Wildman–Crippen MR) is 168 cm³/mol. The fourth-order valence-corrected chi connectivity index (χ4v) is 6.62. The minimum absolute atomic E-state index is 0.0297. The van der Waals surface area contributed by atoms with E-state index in [2.05, 4.69) is 16.4 Å². The van der Waals surface area contributed by atoms with Crippen LogP contribution in [0, 0.1) is 5.92 Å². The van der Waals surface area contributed by atoms with Gasteiger partial charge >= 0.3 is 0 Å². The third-order valence-electron chi connectivity index (χ3n) is 8.87. The Morgan fingerprint density at radius 1 is 1.02 bits per heavy atom. The summed E-state index contributed by atoms with van der Waals surface area (Å²) in [4.78, 5) is 29.9. The number of hydrogen-bond acceptors (Lipinski definition) is 6. The summed E-state index contributed by atoms with van der Waals surface area (Å²) in [6.45, 7) is 0.498. The first-order chi connectivity index (χ1) is 20.9. The number of allylic oxidation sites excluding steroid dienone is 1. The number of aromatic hydroxyl groups is 2. The van der Waals surface area contributed by atoms with Gasteiger partial charge in [0.1, 0.15) is 17.3 Å². The van der Waals surface area contributed by atoms with E-state index in [0.29, 0.717) is 18.7 Å². The van der Waals surface area contributed by atoms with Gasteiger partial charge in [-0.05, 0) is 111 Å². The number of ketones is 2. The number of hydrogen-bond donors (Lipinski definition) is 4. The largest absolute Gasteiger partial charge is 0.508 e. The molecule has 7 nitrogen and oxygen atoms in total. The van der Waals surface area contributed by atoms with Crippen LogP contribution in [0.15, 0.2) is 54.7 Å². The van der Waals surface area contributed by atoms with Gasteiger partial charge in [0.05, 0.1) is 12.5 Å². The molecule has 1 heterocycles. The highest BCUT2D eigenvalue weighted by molar-refractivity contribution is 6.01. The highest BCUT2D eigenvalue weighted by Crippen LogP contribution is 2.39. The Balaban J connectivity index is 1.18. The number of aryl methyl sites for hydroxylation is 2. The molecule has 2 atom stereocenters. The van der Waals surface area contributed by atoms with Crippen molar-refractivity contribution in [1.29, 1.82) is 0 Å². The molecular formula is C36H44N2O5. The summed E-state index contributed by atoms with van der Waals surface area (Å²) < 4.78 is 6.15. The van der Waals surface area contributed by atoms with Crippen LogP contribution in [-0.2, 0) is 29.0 Å². The second-order valence-corrected chi connectivity index (χ2v) is 12.1. The third kappa shape index (κ3) is 7.96. The molecule has 1 aromatic heterocycles. The lowest BCUT2D eigenvalue weighted by Crippen LogP contribution is -2.25. The van der Waals surface area contributed by atoms with Gasteiger partial charge in [-0.1, -0.05) is 30.7 Å². The molecule has 1 fully saturated rings. The zero-order valence-corrected chi connectivity index (χ0v) is 25.1. The first-order valence-corrected chi connectivity index (χ1v) is 15.7. The Morgan fingerprint density at radius 3 is 2.65 bits per heavy atom. The van der Waals surface area contributed by atoms with Crippen molar-refractivity contribution in [2.75, 3.05) is 7.05 Å². The number of unbranched alkanes of at least 4 members (excludes halogenated alkanes) is 1. The number of nitrogens with one attached hydrogen (secondary N) is 2. The molecule has 2 aliphatic carbocycles. The number of benzene rings is 2. The number of carbonyl (C=O) groups excluding carboxylic acids is 2. The number of carbonyl (C=O) groups is 2. The molecule has 3 aromatic rings. The van der Waals surface area contributed by atoms with Crippen molar-refractivity contribution in [2.24, 2.45) is 5.92 Å². The van der Waals surface area contributed by atoms with Crippen molar-refractivity contribution < 1.29 is 24.5 Å². The van der Waals surface area contributed by atoms with E-state index in [-0.39, 0.29) is 53.8 Å². The Bertz CT molecular complexity index is 1440. The van der Waals surface area contributed by atoms with Gasteiger partial charge < -0.3 is 25.3 Å². The van der Waals surface area contributed by atoms with E-state index in [1.54, 1.807) is 12.1 Å². The van der Waals surface area contributed by atoms with E-state index in [9.17, 15) is 19.8 Å². The normalized spacial score (nSPS) is 18.1. The first kappa shape index (κ1) is 30.6. The molecule has 0 unspecified atom stereocenters. The number of ether oxygens (including phenoxy) is 1. The fraction of sp³-hybridized carbons (Fsp3) is 0.444. The number of Topliss-reactive ketones (excluding diaryl/α,β-unsaturated/α-hetero) is 2. The Morgan fingerprint density at radius 2 is 1.86 bits per heavy atom. The van der Waals surface area contributed by atoms with Gasteiger partial charge in [-0.3, -0.25) is 9.59 Å². The van der Waals surface area contributed by atoms with Crippen LogP contribution in [0.1, 0.15) is 91.7 Å². The molecule has 228 valence electrons. The smallest absolute Gasteiger partial charge is 0.162 e. The summed E-state index contributed by atoms with van der Waals surface area (Å²) in [7, 11) is 1.83. The maximum absolute atomic E-state index is 13.5. The summed E-state index contributed by atoms with van der Waals surface area (Å²) in [5, 5.41) is 23.6. The monoisotopic (exact) mass is 584 g/mol. The van der Waals surface area contributed by atoms with Crippen molar-refractivity contribution >= 4 is 17.6 Å². The Kier molecular flexibility index (Phi) is 10.4. The van der Waals surface area contributed by atoms with Gasteiger partial charge in [-0.25, -0.2) is 0 Å². The van der Waals surface area contributed by atoms with E-state index in [0.717, 1.165) is 79.3 Å². The molecule has 0 saturated heterocycles. The minimum atomic E-state index is -0.324. The maximum Gasteiger partial charge on any atom is 0.162 e. The van der Waals surface area contributed by atoms with Crippen LogP contribution in [0.3, 0.4) is 0 Å². The number of aromatic amines is 1.